The fourth-order valence-electron chi connectivity index (χ4n) is 4.36. The summed E-state index contributed by atoms with van der Waals surface area (Å²) in [6.07, 6.45) is -0.677. The summed E-state index contributed by atoms with van der Waals surface area (Å²) >= 11 is 0. The van der Waals surface area contributed by atoms with E-state index in [0.717, 1.165) is 25.3 Å². The van der Waals surface area contributed by atoms with Crippen molar-refractivity contribution in [2.75, 3.05) is 32.8 Å². The molecule has 0 fully saturated rings. The summed E-state index contributed by atoms with van der Waals surface area (Å²) in [4.78, 5) is 0. The molecule has 2 heterocycles. The third-order valence-electron chi connectivity index (χ3n) is 6.81. The Balaban J connectivity index is 1.71. The van der Waals surface area contributed by atoms with Crippen LogP contribution in [0.3, 0.4) is 0 Å². The Morgan fingerprint density at radius 1 is 1.03 bits per heavy atom. The first-order valence-corrected chi connectivity index (χ1v) is 12.2. The van der Waals surface area contributed by atoms with Crippen LogP contribution in [0, 0.1) is 12.7 Å². The van der Waals surface area contributed by atoms with Gasteiger partial charge in [0.25, 0.3) is 0 Å². The van der Waals surface area contributed by atoms with Crippen LogP contribution < -0.4 is 14.8 Å². The van der Waals surface area contributed by atoms with Crippen LogP contribution in [0.2, 0.25) is 0 Å². The zero-order chi connectivity index (χ0) is 27.8. The highest BCUT2D eigenvalue weighted by molar-refractivity contribution is 5.95. The van der Waals surface area contributed by atoms with E-state index in [1.807, 2.05) is 0 Å². The van der Waals surface area contributed by atoms with Gasteiger partial charge in [0.05, 0.1) is 17.3 Å². The standard InChI is InChI=1S/C27H32F3N3O5/c1-14(16-8-7-9-19(24(16)28)27(29,30)26(3,4)34)31-25-18-11-21-20(10-17(18)15(2)32-33-25)37-12-22(35-5)23(36-6)13-38-21/h7-11,14,22-23,34H,12-13H2,1-6H3,(H,31,33)/t14-,22?,23?/m1/s1. The number of hydrogen-bond donors (Lipinski definition) is 2. The molecule has 8 nitrogen and oxygen atoms in total. The molecule has 0 aliphatic carbocycles. The fourth-order valence-corrected chi connectivity index (χ4v) is 4.36. The van der Waals surface area contributed by atoms with Crippen LogP contribution in [0.15, 0.2) is 30.3 Å². The number of halogens is 3. The molecule has 4 rings (SSSR count). The molecule has 1 aromatic heterocycles. The molecule has 0 radical (unpaired) electrons. The fraction of sp³-hybridized carbons (Fsp3) is 0.481. The van der Waals surface area contributed by atoms with E-state index in [-0.39, 0.29) is 31.0 Å². The number of nitrogens with zero attached hydrogens (tertiary/aromatic N) is 2. The first-order valence-electron chi connectivity index (χ1n) is 12.2. The zero-order valence-electron chi connectivity index (χ0n) is 22.1. The number of nitrogens with one attached hydrogen (secondary N) is 1. The zero-order valence-corrected chi connectivity index (χ0v) is 22.1. The highest BCUT2D eigenvalue weighted by Gasteiger charge is 2.49. The Morgan fingerprint density at radius 3 is 2.16 bits per heavy atom. The van der Waals surface area contributed by atoms with Crippen molar-refractivity contribution in [2.45, 2.75) is 57.5 Å². The van der Waals surface area contributed by atoms with Crippen LogP contribution in [-0.2, 0) is 15.4 Å². The van der Waals surface area contributed by atoms with E-state index in [0.29, 0.717) is 28.4 Å². The Kier molecular flexibility index (Phi) is 7.74. The first-order chi connectivity index (χ1) is 17.9. The van der Waals surface area contributed by atoms with E-state index in [1.165, 1.54) is 12.1 Å². The smallest absolute Gasteiger partial charge is 0.303 e. The van der Waals surface area contributed by atoms with Crippen molar-refractivity contribution >= 4 is 16.6 Å². The van der Waals surface area contributed by atoms with Crippen molar-refractivity contribution < 1.29 is 37.2 Å². The molecule has 0 bridgehead atoms. The number of alkyl halides is 2. The van der Waals surface area contributed by atoms with E-state index in [4.69, 9.17) is 18.9 Å². The predicted molar refractivity (Wildman–Crippen MR) is 135 cm³/mol. The lowest BCUT2D eigenvalue weighted by atomic mass is 9.91. The summed E-state index contributed by atoms with van der Waals surface area (Å²) in [5.41, 5.74) is -2.72. The van der Waals surface area contributed by atoms with Crippen molar-refractivity contribution in [1.29, 1.82) is 0 Å². The number of hydrogen-bond acceptors (Lipinski definition) is 8. The number of aryl methyl sites for hydroxylation is 1. The summed E-state index contributed by atoms with van der Waals surface area (Å²) in [7, 11) is 3.14. The minimum absolute atomic E-state index is 0.0127. The highest BCUT2D eigenvalue weighted by atomic mass is 19.3. The third-order valence-corrected chi connectivity index (χ3v) is 6.81. The van der Waals surface area contributed by atoms with E-state index < -0.39 is 28.9 Å². The van der Waals surface area contributed by atoms with Crippen molar-refractivity contribution in [3.63, 3.8) is 0 Å². The largest absolute Gasteiger partial charge is 0.487 e. The van der Waals surface area contributed by atoms with Gasteiger partial charge in [0.2, 0.25) is 0 Å². The number of rotatable bonds is 7. The summed E-state index contributed by atoms with van der Waals surface area (Å²) in [5.74, 6) is -3.65. The molecule has 2 aromatic carbocycles. The molecule has 0 saturated heterocycles. The number of aromatic nitrogens is 2. The van der Waals surface area contributed by atoms with Crippen molar-refractivity contribution in [3.05, 3.63) is 53.0 Å². The van der Waals surface area contributed by atoms with Crippen molar-refractivity contribution in [3.8, 4) is 11.5 Å². The van der Waals surface area contributed by atoms with Crippen molar-refractivity contribution in [2.24, 2.45) is 0 Å². The second kappa shape index (κ2) is 10.5. The quantitative estimate of drug-likeness (QED) is 0.441. The lowest BCUT2D eigenvalue weighted by molar-refractivity contribution is -0.170. The summed E-state index contributed by atoms with van der Waals surface area (Å²) in [6.45, 7) is 5.77. The highest BCUT2D eigenvalue weighted by Crippen LogP contribution is 2.42. The summed E-state index contributed by atoms with van der Waals surface area (Å²) < 4.78 is 67.8. The molecule has 0 saturated carbocycles. The molecule has 1 aliphatic rings. The molecule has 38 heavy (non-hydrogen) atoms. The van der Waals surface area contributed by atoms with Gasteiger partial charge >= 0.3 is 5.92 Å². The maximum Gasteiger partial charge on any atom is 0.303 e. The van der Waals surface area contributed by atoms with Gasteiger partial charge < -0.3 is 29.4 Å². The van der Waals surface area contributed by atoms with Crippen molar-refractivity contribution in [1.82, 2.24) is 10.2 Å². The Labute approximate surface area is 219 Å². The third kappa shape index (κ3) is 5.10. The topological polar surface area (TPSA) is 95.0 Å². The van der Waals surface area contributed by atoms with Gasteiger partial charge in [-0.2, -0.15) is 13.9 Å². The summed E-state index contributed by atoms with van der Waals surface area (Å²) in [6, 6.07) is 6.47. The van der Waals surface area contributed by atoms with Gasteiger partial charge in [0, 0.05) is 30.6 Å². The monoisotopic (exact) mass is 535 g/mol. The molecule has 3 aromatic rings. The molecule has 0 spiro atoms. The van der Waals surface area contributed by atoms with Gasteiger partial charge in [-0.05, 0) is 45.9 Å². The Bertz CT molecular complexity index is 1320. The van der Waals surface area contributed by atoms with Crippen LogP contribution in [0.25, 0.3) is 10.8 Å². The number of fused-ring (bicyclic) bond motifs is 2. The van der Waals surface area contributed by atoms with Gasteiger partial charge in [0.15, 0.2) is 17.3 Å². The second-order valence-corrected chi connectivity index (χ2v) is 9.86. The SMILES string of the molecule is COC1COc2cc3c(C)nnc(N[C@H](C)c4cccc(C(F)(F)C(C)(C)O)c4F)c3cc2OCC1OC. The average Bonchev–Trinajstić information content (AvgIpc) is 2.85. The number of benzene rings is 2. The number of ether oxygens (including phenoxy) is 4. The van der Waals surface area contributed by atoms with Gasteiger partial charge in [-0.1, -0.05) is 12.1 Å². The van der Waals surface area contributed by atoms with Gasteiger partial charge in [-0.15, -0.1) is 5.10 Å². The lowest BCUT2D eigenvalue weighted by Gasteiger charge is -2.30. The molecule has 2 N–H and O–H groups in total. The van der Waals surface area contributed by atoms with Crippen LogP contribution in [-0.4, -0.2) is 60.5 Å². The number of anilines is 1. The predicted octanol–water partition coefficient (Wildman–Crippen LogP) is 4.91. The van der Waals surface area contributed by atoms with Gasteiger partial charge in [0.1, 0.15) is 36.8 Å². The van der Waals surface area contributed by atoms with E-state index >= 15 is 4.39 Å². The normalized spacial score (nSPS) is 19.1. The number of methoxy groups -OCH3 is 2. The van der Waals surface area contributed by atoms with E-state index in [1.54, 1.807) is 40.2 Å². The first kappa shape index (κ1) is 27.9. The second-order valence-electron chi connectivity index (χ2n) is 9.86. The minimum atomic E-state index is -3.81. The van der Waals surface area contributed by atoms with Crippen LogP contribution in [0.5, 0.6) is 11.5 Å². The van der Waals surface area contributed by atoms with E-state index in [9.17, 15) is 13.9 Å². The van der Waals surface area contributed by atoms with Crippen LogP contribution in [0.1, 0.15) is 43.6 Å². The molecule has 11 heteroatoms. The maximum atomic E-state index is 15.3. The van der Waals surface area contributed by atoms with Gasteiger partial charge in [-0.25, -0.2) is 4.39 Å². The molecule has 3 atom stereocenters. The minimum Gasteiger partial charge on any atom is -0.487 e. The Hall–Kier alpha value is -3.15. The molecule has 2 unspecified atom stereocenters. The van der Waals surface area contributed by atoms with Gasteiger partial charge in [-0.3, -0.25) is 0 Å². The van der Waals surface area contributed by atoms with Crippen LogP contribution in [0.4, 0.5) is 19.0 Å². The molecule has 0 amide bonds. The maximum absolute atomic E-state index is 15.3. The summed E-state index contributed by atoms with van der Waals surface area (Å²) in [5, 5.41) is 22.8. The van der Waals surface area contributed by atoms with Crippen LogP contribution >= 0.6 is 0 Å². The number of aliphatic hydroxyl groups is 1. The lowest BCUT2D eigenvalue weighted by Crippen LogP contribution is -2.41. The molecule has 206 valence electrons. The molecular formula is C27H32F3N3O5. The Morgan fingerprint density at radius 2 is 1.61 bits per heavy atom. The average molecular weight is 536 g/mol. The molecule has 1 aliphatic heterocycles. The van der Waals surface area contributed by atoms with E-state index in [2.05, 4.69) is 15.5 Å². The molecular weight excluding hydrogens is 503 g/mol.